The number of hydrogen-bond acceptors (Lipinski definition) is 4. The second-order valence-corrected chi connectivity index (χ2v) is 7.53. The SMILES string of the molecule is CCc1cc(CC)n(C2=[N+](CCC(C)C)C3C(=O)N(C)C(=O)N(C)C3=N2)n1. The number of likely N-dealkylation sites (N-methyl/N-ethyl adjacent to an activating group) is 2. The maximum atomic E-state index is 12.9. The Balaban J connectivity index is 2.15. The monoisotopic (exact) mass is 373 g/mol. The first kappa shape index (κ1) is 19.3. The Kier molecular flexibility index (Phi) is 5.17. The zero-order valence-electron chi connectivity index (χ0n) is 17.1. The van der Waals surface area contributed by atoms with Gasteiger partial charge in [-0.15, -0.1) is 9.78 Å². The largest absolute Gasteiger partial charge is 0.421 e. The summed E-state index contributed by atoms with van der Waals surface area (Å²) in [6.07, 6.45) is 2.56. The van der Waals surface area contributed by atoms with Crippen molar-refractivity contribution in [2.75, 3.05) is 20.6 Å². The summed E-state index contributed by atoms with van der Waals surface area (Å²) in [6, 6.07) is 1.15. The lowest BCUT2D eigenvalue weighted by Crippen LogP contribution is -2.61. The van der Waals surface area contributed by atoms with Crippen LogP contribution >= 0.6 is 0 Å². The minimum absolute atomic E-state index is 0.239. The summed E-state index contributed by atoms with van der Waals surface area (Å²) < 4.78 is 3.85. The first-order chi connectivity index (χ1) is 12.8. The van der Waals surface area contributed by atoms with Crippen LogP contribution in [0.15, 0.2) is 11.1 Å². The lowest BCUT2D eigenvalue weighted by molar-refractivity contribution is -0.538. The second-order valence-electron chi connectivity index (χ2n) is 7.53. The summed E-state index contributed by atoms with van der Waals surface area (Å²) in [6.45, 7) is 9.14. The number of aryl methyl sites for hydroxylation is 2. The van der Waals surface area contributed by atoms with Crippen molar-refractivity contribution in [1.29, 1.82) is 0 Å². The van der Waals surface area contributed by atoms with Crippen LogP contribution in [-0.2, 0) is 17.6 Å². The van der Waals surface area contributed by atoms with Crippen molar-refractivity contribution < 1.29 is 14.2 Å². The minimum Gasteiger partial charge on any atom is -0.270 e. The first-order valence-electron chi connectivity index (χ1n) is 9.65. The van der Waals surface area contributed by atoms with Crippen molar-refractivity contribution in [1.82, 2.24) is 19.6 Å². The molecule has 3 rings (SSSR count). The number of amides is 3. The summed E-state index contributed by atoms with van der Waals surface area (Å²) in [5.74, 6) is 1.37. The highest BCUT2D eigenvalue weighted by Gasteiger charge is 2.52. The average molecular weight is 373 g/mol. The third-order valence-corrected chi connectivity index (χ3v) is 5.20. The number of carbonyl (C=O) groups is 2. The van der Waals surface area contributed by atoms with Gasteiger partial charge in [-0.1, -0.05) is 32.7 Å². The molecule has 0 aromatic carbocycles. The molecular formula is C19H29N6O2+. The van der Waals surface area contributed by atoms with E-state index in [1.165, 1.54) is 16.8 Å². The van der Waals surface area contributed by atoms with Gasteiger partial charge in [-0.25, -0.2) is 9.37 Å². The molecule has 1 aromatic heterocycles. The van der Waals surface area contributed by atoms with Crippen LogP contribution in [0, 0.1) is 5.92 Å². The molecule has 27 heavy (non-hydrogen) atoms. The van der Waals surface area contributed by atoms with Crippen LogP contribution in [0.1, 0.15) is 45.5 Å². The first-order valence-corrected chi connectivity index (χ1v) is 9.65. The van der Waals surface area contributed by atoms with E-state index >= 15 is 0 Å². The van der Waals surface area contributed by atoms with Gasteiger partial charge in [-0.3, -0.25) is 14.6 Å². The third-order valence-electron chi connectivity index (χ3n) is 5.20. The fraction of sp³-hybridized carbons (Fsp3) is 0.632. The second kappa shape index (κ2) is 7.25. The van der Waals surface area contributed by atoms with Gasteiger partial charge in [-0.2, -0.15) is 0 Å². The van der Waals surface area contributed by atoms with Gasteiger partial charge in [0.1, 0.15) is 5.69 Å². The molecule has 8 nitrogen and oxygen atoms in total. The molecule has 0 saturated carbocycles. The van der Waals surface area contributed by atoms with Crippen molar-refractivity contribution >= 4 is 23.7 Å². The van der Waals surface area contributed by atoms with Gasteiger partial charge in [0.2, 0.25) is 11.9 Å². The number of rotatable bonds is 5. The van der Waals surface area contributed by atoms with Crippen LogP contribution in [0.2, 0.25) is 0 Å². The van der Waals surface area contributed by atoms with E-state index in [4.69, 9.17) is 10.1 Å². The summed E-state index contributed by atoms with van der Waals surface area (Å²) in [7, 11) is 3.19. The fourth-order valence-corrected chi connectivity index (χ4v) is 3.45. The molecule has 3 heterocycles. The Morgan fingerprint density at radius 1 is 1.15 bits per heavy atom. The maximum absolute atomic E-state index is 12.9. The number of nitrogens with zero attached hydrogens (tertiary/aromatic N) is 6. The number of imide groups is 1. The number of aliphatic imine (C=N–C) groups is 1. The summed E-state index contributed by atoms with van der Waals surface area (Å²) in [5, 5.41) is 4.71. The van der Waals surface area contributed by atoms with E-state index in [0.717, 1.165) is 30.7 Å². The topological polar surface area (TPSA) is 73.8 Å². The van der Waals surface area contributed by atoms with E-state index in [-0.39, 0.29) is 11.9 Å². The summed E-state index contributed by atoms with van der Waals surface area (Å²) in [5.41, 5.74) is 2.04. The predicted molar refractivity (Wildman–Crippen MR) is 103 cm³/mol. The van der Waals surface area contributed by atoms with E-state index in [0.29, 0.717) is 24.3 Å². The molecule has 3 amide bonds. The molecule has 1 atom stereocenters. The molecule has 2 aliphatic heterocycles. The number of hydrogen-bond donors (Lipinski definition) is 0. The quantitative estimate of drug-likeness (QED) is 0.736. The number of carbonyl (C=O) groups excluding carboxylic acids is 2. The van der Waals surface area contributed by atoms with Crippen LogP contribution < -0.4 is 0 Å². The lowest BCUT2D eigenvalue weighted by atomic mass is 10.1. The zero-order chi connectivity index (χ0) is 19.9. The Labute approximate surface area is 160 Å². The van der Waals surface area contributed by atoms with Crippen LogP contribution in [0.3, 0.4) is 0 Å². The number of urea groups is 1. The van der Waals surface area contributed by atoms with Gasteiger partial charge >= 0.3 is 12.0 Å². The molecule has 0 spiro atoms. The van der Waals surface area contributed by atoms with Gasteiger partial charge in [-0.05, 0) is 24.8 Å². The number of aromatic nitrogens is 2. The fourth-order valence-electron chi connectivity index (χ4n) is 3.45. The van der Waals surface area contributed by atoms with Crippen LogP contribution in [0.4, 0.5) is 4.79 Å². The molecule has 0 N–H and O–H groups in total. The summed E-state index contributed by atoms with van der Waals surface area (Å²) in [4.78, 5) is 32.7. The average Bonchev–Trinajstić information content (AvgIpc) is 3.23. The molecule has 1 aromatic rings. The van der Waals surface area contributed by atoms with E-state index in [9.17, 15) is 9.59 Å². The maximum Gasteiger partial charge on any atom is 0.421 e. The smallest absolute Gasteiger partial charge is 0.270 e. The predicted octanol–water partition coefficient (Wildman–Crippen LogP) is 1.58. The normalized spacial score (nSPS) is 20.1. The molecule has 1 fully saturated rings. The van der Waals surface area contributed by atoms with Gasteiger partial charge < -0.3 is 0 Å². The van der Waals surface area contributed by atoms with Crippen molar-refractivity contribution in [2.45, 2.75) is 53.0 Å². The molecule has 1 unspecified atom stereocenters. The highest BCUT2D eigenvalue weighted by molar-refractivity contribution is 6.22. The number of fused-ring (bicyclic) bond motifs is 1. The standard InChI is InChI=1S/C19H29N6O2/c1-7-13-11-14(8-2)25(21-13)18-20-16-15(24(18)10-9-12(3)4)17(26)23(6)19(27)22(16)5/h11-12,15H,7-10H2,1-6H3/q+1. The molecule has 2 aliphatic rings. The molecule has 1 saturated heterocycles. The Bertz CT molecular complexity index is 835. The van der Waals surface area contributed by atoms with Crippen LogP contribution in [0.5, 0.6) is 0 Å². The molecule has 0 radical (unpaired) electrons. The van der Waals surface area contributed by atoms with Gasteiger partial charge in [0.25, 0.3) is 5.91 Å². The number of amidine groups is 1. The van der Waals surface area contributed by atoms with E-state index in [1.807, 2.05) is 9.26 Å². The van der Waals surface area contributed by atoms with Crippen molar-refractivity contribution in [2.24, 2.45) is 10.9 Å². The van der Waals surface area contributed by atoms with Crippen LogP contribution in [0.25, 0.3) is 0 Å². The van der Waals surface area contributed by atoms with E-state index < -0.39 is 6.04 Å². The molecule has 0 aliphatic carbocycles. The van der Waals surface area contributed by atoms with Gasteiger partial charge in [0, 0.05) is 20.5 Å². The Hall–Kier alpha value is -2.51. The highest BCUT2D eigenvalue weighted by Crippen LogP contribution is 2.21. The van der Waals surface area contributed by atoms with Crippen molar-refractivity contribution in [3.05, 3.63) is 17.5 Å². The van der Waals surface area contributed by atoms with E-state index in [2.05, 4.69) is 33.8 Å². The van der Waals surface area contributed by atoms with Crippen LogP contribution in [-0.4, -0.2) is 74.6 Å². The summed E-state index contributed by atoms with van der Waals surface area (Å²) >= 11 is 0. The molecular weight excluding hydrogens is 344 g/mol. The van der Waals surface area contributed by atoms with Crippen molar-refractivity contribution in [3.63, 3.8) is 0 Å². The molecule has 8 heteroatoms. The third kappa shape index (κ3) is 3.17. The Morgan fingerprint density at radius 2 is 1.85 bits per heavy atom. The highest BCUT2D eigenvalue weighted by atomic mass is 16.2. The Morgan fingerprint density at radius 3 is 2.44 bits per heavy atom. The zero-order valence-corrected chi connectivity index (χ0v) is 17.1. The van der Waals surface area contributed by atoms with Crippen molar-refractivity contribution in [3.8, 4) is 0 Å². The lowest BCUT2D eigenvalue weighted by Gasteiger charge is -2.31. The van der Waals surface area contributed by atoms with Gasteiger partial charge in [0.05, 0.1) is 12.2 Å². The molecule has 0 bridgehead atoms. The molecule has 146 valence electrons. The van der Waals surface area contributed by atoms with Gasteiger partial charge in [0.15, 0.2) is 0 Å². The van der Waals surface area contributed by atoms with E-state index in [1.54, 1.807) is 7.05 Å². The minimum atomic E-state index is -0.578.